The summed E-state index contributed by atoms with van der Waals surface area (Å²) in [4.78, 5) is 22.9. The molecule has 4 rings (SSSR count). The van der Waals surface area contributed by atoms with Crippen molar-refractivity contribution in [2.24, 2.45) is 0 Å². The second-order valence-electron chi connectivity index (χ2n) is 5.66. The molecule has 0 bridgehead atoms. The molecule has 3 aromatic rings. The molecule has 7 nitrogen and oxygen atoms in total. The van der Waals surface area contributed by atoms with E-state index in [1.54, 1.807) is 18.2 Å². The number of halogens is 1. The van der Waals surface area contributed by atoms with Crippen LogP contribution in [0.1, 0.15) is 10.5 Å². The van der Waals surface area contributed by atoms with Gasteiger partial charge in [-0.25, -0.2) is 13.9 Å². The summed E-state index contributed by atoms with van der Waals surface area (Å²) in [5, 5.41) is 16.1. The predicted molar refractivity (Wildman–Crippen MR) is 90.0 cm³/mol. The normalized spacial score (nSPS) is 12.9. The minimum absolute atomic E-state index is 0.0526. The van der Waals surface area contributed by atoms with E-state index in [9.17, 15) is 19.1 Å². The maximum Gasteiger partial charge on any atom is 0.356 e. The van der Waals surface area contributed by atoms with Crippen LogP contribution in [-0.2, 0) is 4.79 Å². The Hall–Kier alpha value is -3.68. The van der Waals surface area contributed by atoms with Gasteiger partial charge in [0.2, 0.25) is 0 Å². The predicted octanol–water partition coefficient (Wildman–Crippen LogP) is 2.71. The van der Waals surface area contributed by atoms with Crippen molar-refractivity contribution in [1.29, 1.82) is 0 Å². The average Bonchev–Trinajstić information content (AvgIpc) is 3.07. The number of aromatic nitrogens is 2. The van der Waals surface area contributed by atoms with E-state index in [1.165, 1.54) is 35.0 Å². The summed E-state index contributed by atoms with van der Waals surface area (Å²) in [5.41, 5.74) is 1.95. The molecule has 1 aliphatic rings. The minimum Gasteiger partial charge on any atom is -0.482 e. The molecule has 2 heterocycles. The van der Waals surface area contributed by atoms with Crippen molar-refractivity contribution in [3.8, 4) is 22.7 Å². The first-order valence-corrected chi connectivity index (χ1v) is 7.67. The molecular weight excluding hydrogens is 341 g/mol. The Balaban J connectivity index is 1.85. The van der Waals surface area contributed by atoms with Crippen LogP contribution < -0.4 is 10.1 Å². The van der Waals surface area contributed by atoms with E-state index in [-0.39, 0.29) is 18.2 Å². The van der Waals surface area contributed by atoms with E-state index in [1.807, 2.05) is 0 Å². The van der Waals surface area contributed by atoms with Gasteiger partial charge in [-0.2, -0.15) is 5.10 Å². The van der Waals surface area contributed by atoms with Crippen LogP contribution in [0.25, 0.3) is 16.9 Å². The van der Waals surface area contributed by atoms with E-state index in [4.69, 9.17) is 4.74 Å². The number of rotatable bonds is 3. The Bertz CT molecular complexity index is 1030. The monoisotopic (exact) mass is 353 g/mol. The Kier molecular flexibility index (Phi) is 3.65. The molecule has 0 saturated heterocycles. The number of fused-ring (bicyclic) bond motifs is 1. The van der Waals surface area contributed by atoms with Crippen LogP contribution in [0.2, 0.25) is 0 Å². The number of carbonyl (C=O) groups is 2. The Labute approximate surface area is 146 Å². The number of aromatic carboxylic acids is 1. The van der Waals surface area contributed by atoms with Crippen LogP contribution in [-0.4, -0.2) is 33.4 Å². The quantitative estimate of drug-likeness (QED) is 0.755. The molecule has 0 radical (unpaired) electrons. The number of carboxylic acid groups (broad SMARTS) is 1. The number of nitrogens with zero attached hydrogens (tertiary/aromatic N) is 2. The second-order valence-corrected chi connectivity index (χ2v) is 5.66. The number of ether oxygens (including phenoxy) is 1. The van der Waals surface area contributed by atoms with Gasteiger partial charge in [-0.15, -0.1) is 0 Å². The summed E-state index contributed by atoms with van der Waals surface area (Å²) in [6, 6.07) is 12.0. The number of amides is 1. The molecule has 0 atom stereocenters. The zero-order chi connectivity index (χ0) is 18.3. The van der Waals surface area contributed by atoms with E-state index in [0.717, 1.165) is 0 Å². The van der Waals surface area contributed by atoms with Crippen LogP contribution in [0, 0.1) is 5.82 Å². The summed E-state index contributed by atoms with van der Waals surface area (Å²) in [6.07, 6.45) is 0. The number of benzene rings is 2. The number of carboxylic acids is 1. The number of anilines is 1. The minimum atomic E-state index is -1.18. The van der Waals surface area contributed by atoms with Crippen molar-refractivity contribution in [2.45, 2.75) is 0 Å². The van der Waals surface area contributed by atoms with E-state index < -0.39 is 11.8 Å². The fraction of sp³-hybridized carbons (Fsp3) is 0.0556. The third kappa shape index (κ3) is 2.77. The van der Waals surface area contributed by atoms with E-state index >= 15 is 0 Å². The van der Waals surface area contributed by atoms with Crippen LogP contribution in [0.15, 0.2) is 48.5 Å². The summed E-state index contributed by atoms with van der Waals surface area (Å²) in [6.45, 7) is -0.0526. The zero-order valence-electron chi connectivity index (χ0n) is 13.3. The van der Waals surface area contributed by atoms with Crippen LogP contribution in [0.3, 0.4) is 0 Å². The third-order valence-electron chi connectivity index (χ3n) is 3.91. The summed E-state index contributed by atoms with van der Waals surface area (Å²) in [5.74, 6) is -1.33. The molecule has 2 aromatic carbocycles. The van der Waals surface area contributed by atoms with Crippen molar-refractivity contribution < 1.29 is 23.8 Å². The van der Waals surface area contributed by atoms with E-state index in [0.29, 0.717) is 28.4 Å². The molecule has 0 unspecified atom stereocenters. The van der Waals surface area contributed by atoms with Crippen LogP contribution in [0.5, 0.6) is 5.75 Å². The Morgan fingerprint density at radius 2 is 1.96 bits per heavy atom. The maximum absolute atomic E-state index is 13.2. The molecule has 0 aliphatic carbocycles. The van der Waals surface area contributed by atoms with E-state index in [2.05, 4.69) is 10.4 Å². The van der Waals surface area contributed by atoms with Crippen molar-refractivity contribution >= 4 is 17.6 Å². The van der Waals surface area contributed by atoms with Gasteiger partial charge in [-0.3, -0.25) is 4.79 Å². The first-order chi connectivity index (χ1) is 12.5. The van der Waals surface area contributed by atoms with Crippen molar-refractivity contribution in [2.75, 3.05) is 11.9 Å². The third-order valence-corrected chi connectivity index (χ3v) is 3.91. The van der Waals surface area contributed by atoms with Gasteiger partial charge in [-0.1, -0.05) is 0 Å². The van der Waals surface area contributed by atoms with Crippen LogP contribution >= 0.6 is 0 Å². The van der Waals surface area contributed by atoms with Crippen molar-refractivity contribution in [1.82, 2.24) is 9.78 Å². The lowest BCUT2D eigenvalue weighted by Gasteiger charge is -2.18. The molecule has 130 valence electrons. The first-order valence-electron chi connectivity index (χ1n) is 7.67. The fourth-order valence-corrected chi connectivity index (χ4v) is 2.71. The van der Waals surface area contributed by atoms with Gasteiger partial charge < -0.3 is 15.2 Å². The second kappa shape index (κ2) is 5.99. The largest absolute Gasteiger partial charge is 0.482 e. The molecule has 2 N–H and O–H groups in total. The van der Waals surface area contributed by atoms with Gasteiger partial charge >= 0.3 is 5.97 Å². The van der Waals surface area contributed by atoms with Gasteiger partial charge in [0.25, 0.3) is 5.91 Å². The average molecular weight is 353 g/mol. The molecule has 1 aliphatic heterocycles. The van der Waals surface area contributed by atoms with Gasteiger partial charge in [-0.05, 0) is 48.5 Å². The molecule has 1 aromatic heterocycles. The lowest BCUT2D eigenvalue weighted by molar-refractivity contribution is -0.118. The van der Waals surface area contributed by atoms with Crippen molar-refractivity contribution in [3.05, 3.63) is 60.0 Å². The summed E-state index contributed by atoms with van der Waals surface area (Å²) in [7, 11) is 0. The number of hydrogen-bond donors (Lipinski definition) is 2. The smallest absolute Gasteiger partial charge is 0.356 e. The summed E-state index contributed by atoms with van der Waals surface area (Å²) < 4.78 is 19.9. The van der Waals surface area contributed by atoms with Gasteiger partial charge in [0.1, 0.15) is 11.6 Å². The molecule has 8 heteroatoms. The maximum atomic E-state index is 13.2. The molecule has 1 amide bonds. The molecule has 0 fully saturated rings. The Morgan fingerprint density at radius 1 is 1.19 bits per heavy atom. The van der Waals surface area contributed by atoms with Gasteiger partial charge in [0, 0.05) is 5.56 Å². The molecule has 0 saturated carbocycles. The highest BCUT2D eigenvalue weighted by molar-refractivity contribution is 5.96. The Morgan fingerprint density at radius 3 is 2.69 bits per heavy atom. The first kappa shape index (κ1) is 15.8. The van der Waals surface area contributed by atoms with Gasteiger partial charge in [0.15, 0.2) is 12.3 Å². The fourth-order valence-electron chi connectivity index (χ4n) is 2.71. The lowest BCUT2D eigenvalue weighted by Crippen LogP contribution is -2.25. The molecule has 0 spiro atoms. The molecular formula is C18H12FN3O4. The number of nitrogens with one attached hydrogen (secondary N) is 1. The highest BCUT2D eigenvalue weighted by atomic mass is 19.1. The highest BCUT2D eigenvalue weighted by Crippen LogP contribution is 2.33. The van der Waals surface area contributed by atoms with Crippen LogP contribution in [0.4, 0.5) is 10.1 Å². The number of carbonyl (C=O) groups excluding carboxylic acids is 1. The number of hydrogen-bond acceptors (Lipinski definition) is 4. The van der Waals surface area contributed by atoms with Crippen molar-refractivity contribution in [3.63, 3.8) is 0 Å². The molecule has 26 heavy (non-hydrogen) atoms. The van der Waals surface area contributed by atoms with Gasteiger partial charge in [0.05, 0.1) is 17.1 Å². The highest BCUT2D eigenvalue weighted by Gasteiger charge is 2.20. The standard InChI is InChI=1S/C18H12FN3O4/c19-11-2-4-12(5-3-11)22-15(8-14(21-22)18(24)25)10-1-6-16-13(7-10)20-17(23)9-26-16/h1-8H,9H2,(H,20,23)(H,24,25). The lowest BCUT2D eigenvalue weighted by atomic mass is 10.1. The SMILES string of the molecule is O=C1COc2ccc(-c3cc(C(=O)O)nn3-c3ccc(F)cc3)cc2N1. The zero-order valence-corrected chi connectivity index (χ0v) is 13.3. The summed E-state index contributed by atoms with van der Waals surface area (Å²) >= 11 is 0. The topological polar surface area (TPSA) is 93.5 Å².